The molecule has 33 heavy (non-hydrogen) atoms. The van der Waals surface area contributed by atoms with Crippen LogP contribution in [0.4, 0.5) is 11.4 Å². The van der Waals surface area contributed by atoms with Crippen molar-refractivity contribution in [3.63, 3.8) is 0 Å². The lowest BCUT2D eigenvalue weighted by atomic mass is 10.2. The fraction of sp³-hybridized carbons (Fsp3) is 0.231. The van der Waals surface area contributed by atoms with Crippen LogP contribution in [-0.4, -0.2) is 38.3 Å². The Labute approximate surface area is 196 Å². The van der Waals surface area contributed by atoms with Crippen LogP contribution < -0.4 is 5.01 Å². The quantitative estimate of drug-likeness (QED) is 0.161. The van der Waals surface area contributed by atoms with Crippen molar-refractivity contribution in [3.05, 3.63) is 90.5 Å². The molecule has 0 unspecified atom stereocenters. The highest BCUT2D eigenvalue weighted by atomic mass is 32.2. The number of hydrogen-bond donors (Lipinski definition) is 0. The van der Waals surface area contributed by atoms with Gasteiger partial charge in [-0.2, -0.15) is 9.41 Å². The van der Waals surface area contributed by atoms with Crippen molar-refractivity contribution in [1.82, 2.24) is 4.31 Å². The molecule has 0 spiro atoms. The first-order valence-electron chi connectivity index (χ1n) is 11.0. The zero-order chi connectivity index (χ0) is 23.5. The highest BCUT2D eigenvalue weighted by Gasteiger charge is 2.23. The van der Waals surface area contributed by atoms with Crippen LogP contribution in [0.2, 0.25) is 0 Å². The summed E-state index contributed by atoms with van der Waals surface area (Å²) in [6.07, 6.45) is 4.13. The molecule has 6 nitrogen and oxygen atoms in total. The third-order valence-electron chi connectivity index (χ3n) is 5.12. The zero-order valence-corrected chi connectivity index (χ0v) is 19.6. The number of aryl methyl sites for hydroxylation is 1. The van der Waals surface area contributed by atoms with E-state index in [4.69, 9.17) is 0 Å². The molecule has 3 rings (SSSR count). The van der Waals surface area contributed by atoms with Gasteiger partial charge in [-0.15, -0.1) is 0 Å². The largest absolute Gasteiger partial charge is 0.303 e. The van der Waals surface area contributed by atoms with E-state index in [0.717, 1.165) is 23.2 Å². The molecule has 0 aliphatic carbocycles. The average Bonchev–Trinajstić information content (AvgIpc) is 2.84. The Bertz CT molecular complexity index is 1090. The third kappa shape index (κ3) is 6.84. The van der Waals surface area contributed by atoms with Gasteiger partial charge < -0.3 is 4.79 Å². The van der Waals surface area contributed by atoms with Crippen molar-refractivity contribution in [2.24, 2.45) is 5.10 Å². The SMILES string of the molecule is Cc1ccc(S(=O)(=O)N(C/C=N/N(c2ccccc2)c2ccccc2)CCCCC=O)cc1. The molecule has 0 amide bonds. The minimum atomic E-state index is -3.70. The summed E-state index contributed by atoms with van der Waals surface area (Å²) < 4.78 is 28.0. The highest BCUT2D eigenvalue weighted by molar-refractivity contribution is 7.89. The highest BCUT2D eigenvalue weighted by Crippen LogP contribution is 2.25. The minimum Gasteiger partial charge on any atom is -0.303 e. The van der Waals surface area contributed by atoms with E-state index in [1.807, 2.05) is 67.6 Å². The number of carbonyl (C=O) groups is 1. The lowest BCUT2D eigenvalue weighted by Crippen LogP contribution is -2.34. The van der Waals surface area contributed by atoms with E-state index in [1.165, 1.54) is 4.31 Å². The molecule has 0 saturated heterocycles. The van der Waals surface area contributed by atoms with Crippen LogP contribution in [0.15, 0.2) is 94.9 Å². The maximum absolute atomic E-state index is 13.3. The van der Waals surface area contributed by atoms with E-state index < -0.39 is 10.0 Å². The minimum absolute atomic E-state index is 0.119. The zero-order valence-electron chi connectivity index (χ0n) is 18.7. The number of sulfonamides is 1. The van der Waals surface area contributed by atoms with Gasteiger partial charge in [0.2, 0.25) is 10.0 Å². The summed E-state index contributed by atoms with van der Waals surface area (Å²) in [6, 6.07) is 26.2. The number of rotatable bonds is 12. The Morgan fingerprint density at radius 1 is 0.818 bits per heavy atom. The lowest BCUT2D eigenvalue weighted by Gasteiger charge is -2.22. The summed E-state index contributed by atoms with van der Waals surface area (Å²) in [5, 5.41) is 6.40. The number of nitrogens with zero attached hydrogens (tertiary/aromatic N) is 3. The standard InChI is InChI=1S/C26H29N3O3S/c1-23-15-17-26(18-16-23)33(31,32)28(20-9-4-10-22-30)21-19-27-29(24-11-5-2-6-12-24)25-13-7-3-8-14-25/h2-3,5-8,11-19,22H,4,9-10,20-21H2,1H3/b27-19+. The number of anilines is 2. The van der Waals surface area contributed by atoms with E-state index in [0.29, 0.717) is 25.8 Å². The second kappa shape index (κ2) is 12.1. The van der Waals surface area contributed by atoms with Crippen molar-refractivity contribution in [2.45, 2.75) is 31.1 Å². The second-order valence-electron chi connectivity index (χ2n) is 7.62. The first-order chi connectivity index (χ1) is 16.0. The summed E-state index contributed by atoms with van der Waals surface area (Å²) in [7, 11) is -3.70. The van der Waals surface area contributed by atoms with Crippen LogP contribution in [0.3, 0.4) is 0 Å². The van der Waals surface area contributed by atoms with E-state index in [9.17, 15) is 13.2 Å². The molecule has 0 aromatic heterocycles. The number of benzene rings is 3. The maximum atomic E-state index is 13.3. The van der Waals surface area contributed by atoms with Crippen LogP contribution in [0.5, 0.6) is 0 Å². The van der Waals surface area contributed by atoms with Crippen molar-refractivity contribution < 1.29 is 13.2 Å². The van der Waals surface area contributed by atoms with Gasteiger partial charge in [0.15, 0.2) is 0 Å². The number of unbranched alkanes of at least 4 members (excludes halogenated alkanes) is 2. The monoisotopic (exact) mass is 463 g/mol. The van der Waals surface area contributed by atoms with Crippen LogP contribution in [0, 0.1) is 6.92 Å². The smallest absolute Gasteiger partial charge is 0.243 e. The van der Waals surface area contributed by atoms with Gasteiger partial charge in [-0.05, 0) is 56.2 Å². The van der Waals surface area contributed by atoms with Gasteiger partial charge in [0, 0.05) is 19.2 Å². The van der Waals surface area contributed by atoms with Crippen LogP contribution in [0.1, 0.15) is 24.8 Å². The van der Waals surface area contributed by atoms with Gasteiger partial charge in [0.25, 0.3) is 0 Å². The Morgan fingerprint density at radius 3 is 1.94 bits per heavy atom. The van der Waals surface area contributed by atoms with Crippen molar-refractivity contribution in [2.75, 3.05) is 18.1 Å². The van der Waals surface area contributed by atoms with Gasteiger partial charge in [-0.25, -0.2) is 13.4 Å². The Morgan fingerprint density at radius 2 is 1.39 bits per heavy atom. The van der Waals surface area contributed by atoms with Crippen molar-refractivity contribution in [1.29, 1.82) is 0 Å². The first-order valence-corrected chi connectivity index (χ1v) is 12.4. The molecule has 7 heteroatoms. The summed E-state index contributed by atoms with van der Waals surface area (Å²) in [6.45, 7) is 2.35. The predicted octanol–water partition coefficient (Wildman–Crippen LogP) is 5.18. The molecule has 0 fully saturated rings. The maximum Gasteiger partial charge on any atom is 0.243 e. The molecule has 0 bridgehead atoms. The predicted molar refractivity (Wildman–Crippen MR) is 133 cm³/mol. The molecule has 0 aliphatic heterocycles. The lowest BCUT2D eigenvalue weighted by molar-refractivity contribution is -0.107. The van der Waals surface area contributed by atoms with E-state index in [-0.39, 0.29) is 11.4 Å². The van der Waals surface area contributed by atoms with Crippen molar-refractivity contribution in [3.8, 4) is 0 Å². The molecule has 0 atom stereocenters. The Hall–Kier alpha value is -3.29. The van der Waals surface area contributed by atoms with Gasteiger partial charge in [0.1, 0.15) is 6.29 Å². The van der Waals surface area contributed by atoms with E-state index in [2.05, 4.69) is 5.10 Å². The summed E-state index contributed by atoms with van der Waals surface area (Å²) in [5.74, 6) is 0. The molecule has 0 aliphatic rings. The van der Waals surface area contributed by atoms with Crippen LogP contribution in [-0.2, 0) is 14.8 Å². The van der Waals surface area contributed by atoms with Gasteiger partial charge in [-0.3, -0.25) is 0 Å². The summed E-state index contributed by atoms with van der Waals surface area (Å²) >= 11 is 0. The van der Waals surface area contributed by atoms with Gasteiger partial charge >= 0.3 is 0 Å². The second-order valence-corrected chi connectivity index (χ2v) is 9.56. The molecule has 0 radical (unpaired) electrons. The molecule has 0 saturated carbocycles. The molecular weight excluding hydrogens is 434 g/mol. The third-order valence-corrected chi connectivity index (χ3v) is 7.00. The van der Waals surface area contributed by atoms with Gasteiger partial charge in [-0.1, -0.05) is 54.1 Å². The molecule has 0 N–H and O–H groups in total. The number of hydrogen-bond acceptors (Lipinski definition) is 5. The Kier molecular flexibility index (Phi) is 8.92. The van der Waals surface area contributed by atoms with Crippen LogP contribution >= 0.6 is 0 Å². The van der Waals surface area contributed by atoms with Crippen LogP contribution in [0.25, 0.3) is 0 Å². The Balaban J connectivity index is 1.84. The molecule has 3 aromatic carbocycles. The topological polar surface area (TPSA) is 70.1 Å². The first kappa shape index (κ1) is 24.4. The van der Waals surface area contributed by atoms with Crippen molar-refractivity contribution >= 4 is 33.9 Å². The van der Waals surface area contributed by atoms with E-state index in [1.54, 1.807) is 35.5 Å². The number of aldehydes is 1. The fourth-order valence-corrected chi connectivity index (χ4v) is 4.73. The fourth-order valence-electron chi connectivity index (χ4n) is 3.31. The molecule has 0 heterocycles. The normalized spacial score (nSPS) is 11.7. The van der Waals surface area contributed by atoms with Gasteiger partial charge in [0.05, 0.1) is 22.8 Å². The van der Waals surface area contributed by atoms with E-state index >= 15 is 0 Å². The number of carbonyl (C=O) groups excluding carboxylic acids is 1. The summed E-state index contributed by atoms with van der Waals surface area (Å²) in [5.41, 5.74) is 2.74. The molecular formula is C26H29N3O3S. The summed E-state index contributed by atoms with van der Waals surface area (Å²) in [4.78, 5) is 10.9. The molecule has 172 valence electrons. The number of para-hydroxylation sites is 2. The number of hydrazone groups is 1. The average molecular weight is 464 g/mol. The molecule has 3 aromatic rings.